The molecule has 2 fully saturated rings. The van der Waals surface area contributed by atoms with Crippen molar-refractivity contribution >= 4 is 86.6 Å². The topological polar surface area (TPSA) is 405 Å². The Morgan fingerprint density at radius 3 is 1.96 bits per heavy atom. The van der Waals surface area contributed by atoms with Crippen molar-refractivity contribution in [2.75, 3.05) is 31.1 Å². The summed E-state index contributed by atoms with van der Waals surface area (Å²) in [5, 5.41) is 17.6. The molecule has 11 amide bonds. The van der Waals surface area contributed by atoms with E-state index >= 15 is 0 Å². The van der Waals surface area contributed by atoms with Gasteiger partial charge >= 0.3 is 0 Å². The number of benzene rings is 1. The Balaban J connectivity index is 2.03. The van der Waals surface area contributed by atoms with E-state index in [0.717, 1.165) is 21.6 Å². The van der Waals surface area contributed by atoms with Gasteiger partial charge in [0.2, 0.25) is 65.0 Å². The molecule has 2 aliphatic rings. The van der Waals surface area contributed by atoms with E-state index in [2.05, 4.69) is 37.2 Å². The van der Waals surface area contributed by atoms with Crippen molar-refractivity contribution in [2.24, 2.45) is 34.6 Å². The van der Waals surface area contributed by atoms with Crippen LogP contribution in [0.25, 0.3) is 0 Å². The first-order valence-electron chi connectivity index (χ1n) is 21.7. The van der Waals surface area contributed by atoms with Gasteiger partial charge in [-0.2, -0.15) is 0 Å². The van der Waals surface area contributed by atoms with Gasteiger partial charge in [0.1, 0.15) is 42.3 Å². The fraction of sp³-hybridized carbons (Fsp3) is 0.585. The molecule has 370 valence electrons. The fourth-order valence-corrected chi connectivity index (χ4v) is 9.35. The van der Waals surface area contributed by atoms with Crippen molar-refractivity contribution in [2.45, 2.75) is 114 Å². The number of nitrogens with one attached hydrogen (secondary N) is 7. The lowest BCUT2D eigenvalue weighted by atomic mass is 9.96. The summed E-state index contributed by atoms with van der Waals surface area (Å²) in [5.41, 5.74) is 28.7. The first-order chi connectivity index (χ1) is 31.7. The van der Waals surface area contributed by atoms with Crippen LogP contribution in [-0.2, 0) is 59.2 Å². The molecule has 24 nitrogen and oxygen atoms in total. The molecular weight excluding hydrogens is 915 g/mol. The monoisotopic (exact) mass is 977 g/mol. The Morgan fingerprint density at radius 1 is 0.776 bits per heavy atom. The summed E-state index contributed by atoms with van der Waals surface area (Å²) >= 11 is 0. The van der Waals surface area contributed by atoms with Gasteiger partial charge in [0, 0.05) is 24.5 Å². The van der Waals surface area contributed by atoms with E-state index in [1.807, 2.05) is 0 Å². The van der Waals surface area contributed by atoms with Crippen molar-refractivity contribution in [3.63, 3.8) is 0 Å². The minimum atomic E-state index is -1.78. The predicted octanol–water partition coefficient (Wildman–Crippen LogP) is -5.01. The molecule has 0 radical (unpaired) electrons. The zero-order valence-electron chi connectivity index (χ0n) is 37.4. The van der Waals surface area contributed by atoms with Crippen LogP contribution in [0.2, 0.25) is 0 Å². The highest BCUT2D eigenvalue weighted by molar-refractivity contribution is 8.76. The van der Waals surface area contributed by atoms with Gasteiger partial charge < -0.3 is 70.8 Å². The first-order valence-corrected chi connectivity index (χ1v) is 24.2. The third-order valence-electron chi connectivity index (χ3n) is 10.9. The molecule has 0 saturated carbocycles. The fourth-order valence-electron chi connectivity index (χ4n) is 7.07. The lowest BCUT2D eigenvalue weighted by Crippen LogP contribution is -2.62. The van der Waals surface area contributed by atoms with Crippen LogP contribution in [0, 0.1) is 5.92 Å². The van der Waals surface area contributed by atoms with Gasteiger partial charge in [-0.05, 0) is 43.7 Å². The third-order valence-corrected chi connectivity index (χ3v) is 13.4. The maximum absolute atomic E-state index is 14.4. The van der Waals surface area contributed by atoms with Gasteiger partial charge in [-0.1, -0.05) is 72.2 Å². The Morgan fingerprint density at radius 2 is 1.36 bits per heavy atom. The summed E-state index contributed by atoms with van der Waals surface area (Å²) in [6.07, 6.45) is -0.361. The standard InChI is InChI=1S/C41H63N13O11S2/c1-3-21(2)33-40(64)51-27(17-31(45)56)36(60)50-26(16-30(44)55)37(61)52-28(20-67-66-19-23(43)34(58)49-25(38(62)53-33)15-22-9-5-4-6-10-22)41(65)54-14-8-12-29(54)39(63)48-24(11-7-13-42)35(59)47-18-32(46)57/h4-6,9-10,21,23-29,33H,3,7-8,11-20,42-43H2,1-2H3,(H2,44,55)(H2,45,56)(H2,46,57)(H,47,59)(H,48,63)(H,49,58)(H,50,60)(H,51,64)(H,52,61)(H,53,62)/t21-,23-,24-,25-,26-,27-,28-,29-,33-/m0/s1. The van der Waals surface area contributed by atoms with E-state index in [4.69, 9.17) is 28.7 Å². The van der Waals surface area contributed by atoms with E-state index in [-0.39, 0.29) is 43.9 Å². The molecule has 3 rings (SSSR count). The third kappa shape index (κ3) is 18.0. The molecular formula is C41H63N13O11S2. The summed E-state index contributed by atoms with van der Waals surface area (Å²) in [4.78, 5) is 148. The zero-order valence-corrected chi connectivity index (χ0v) is 39.0. The van der Waals surface area contributed by atoms with Gasteiger partial charge in [0.05, 0.1) is 25.4 Å². The first kappa shape index (κ1) is 55.3. The lowest BCUT2D eigenvalue weighted by Gasteiger charge is -2.31. The molecule has 2 heterocycles. The second kappa shape index (κ2) is 27.6. The molecule has 0 bridgehead atoms. The number of primary amides is 3. The number of nitrogens with zero attached hydrogens (tertiary/aromatic N) is 1. The summed E-state index contributed by atoms with van der Waals surface area (Å²) in [5.74, 6) is -10.6. The van der Waals surface area contributed by atoms with Gasteiger partial charge in [-0.15, -0.1) is 0 Å². The average molecular weight is 978 g/mol. The molecule has 9 atom stereocenters. The Hall–Kier alpha value is -5.99. The maximum Gasteiger partial charge on any atom is 0.246 e. The number of rotatable bonds is 17. The average Bonchev–Trinajstić information content (AvgIpc) is 3.78. The summed E-state index contributed by atoms with van der Waals surface area (Å²) in [6, 6.07) is -2.34. The van der Waals surface area contributed by atoms with Crippen LogP contribution < -0.4 is 65.9 Å². The quantitative estimate of drug-likeness (QED) is 0.0651. The molecule has 17 N–H and O–H groups in total. The second-order valence-electron chi connectivity index (χ2n) is 16.2. The maximum atomic E-state index is 14.4. The van der Waals surface area contributed by atoms with Crippen LogP contribution in [0.5, 0.6) is 0 Å². The largest absolute Gasteiger partial charge is 0.370 e. The summed E-state index contributed by atoms with van der Waals surface area (Å²) < 4.78 is 0. The molecule has 2 aliphatic heterocycles. The van der Waals surface area contributed by atoms with Gasteiger partial charge in [0.15, 0.2) is 0 Å². The molecule has 1 aromatic carbocycles. The molecule has 0 unspecified atom stereocenters. The van der Waals surface area contributed by atoms with Gasteiger partial charge in [0.25, 0.3) is 0 Å². The Labute approximate surface area is 395 Å². The molecule has 1 aromatic rings. The highest BCUT2D eigenvalue weighted by Gasteiger charge is 2.41. The van der Waals surface area contributed by atoms with Crippen LogP contribution in [0.3, 0.4) is 0 Å². The number of hydrogen-bond donors (Lipinski definition) is 12. The molecule has 2 saturated heterocycles. The van der Waals surface area contributed by atoms with E-state index in [0.29, 0.717) is 24.8 Å². The van der Waals surface area contributed by atoms with Crippen LogP contribution in [-0.4, -0.2) is 149 Å². The van der Waals surface area contributed by atoms with E-state index in [1.165, 1.54) is 4.90 Å². The van der Waals surface area contributed by atoms with Crippen LogP contribution in [0.4, 0.5) is 0 Å². The van der Waals surface area contributed by atoms with Crippen LogP contribution in [0.15, 0.2) is 30.3 Å². The highest BCUT2D eigenvalue weighted by atomic mass is 33.1. The van der Waals surface area contributed by atoms with E-state index < -0.39 is 139 Å². The minimum absolute atomic E-state index is 0.00825. The lowest BCUT2D eigenvalue weighted by molar-refractivity contribution is -0.142. The Bertz CT molecular complexity index is 1970. The Kier molecular flexibility index (Phi) is 22.8. The van der Waals surface area contributed by atoms with Crippen molar-refractivity contribution < 1.29 is 52.7 Å². The molecule has 0 aliphatic carbocycles. The van der Waals surface area contributed by atoms with Crippen molar-refractivity contribution in [1.29, 1.82) is 0 Å². The molecule has 0 spiro atoms. The number of amides is 11. The van der Waals surface area contributed by atoms with E-state index in [9.17, 15) is 52.7 Å². The molecule has 67 heavy (non-hydrogen) atoms. The van der Waals surface area contributed by atoms with Crippen molar-refractivity contribution in [1.82, 2.24) is 42.1 Å². The minimum Gasteiger partial charge on any atom is -0.370 e. The predicted molar refractivity (Wildman–Crippen MR) is 247 cm³/mol. The van der Waals surface area contributed by atoms with Gasteiger partial charge in [-0.3, -0.25) is 52.7 Å². The summed E-state index contributed by atoms with van der Waals surface area (Å²) in [7, 11) is 2.06. The number of nitrogens with two attached hydrogens (primary N) is 5. The normalized spacial score (nSPS) is 24.6. The van der Waals surface area contributed by atoms with Crippen molar-refractivity contribution in [3.8, 4) is 0 Å². The second-order valence-corrected chi connectivity index (χ2v) is 18.7. The van der Waals surface area contributed by atoms with Crippen LogP contribution in [0.1, 0.15) is 64.4 Å². The SMILES string of the molecule is CC[C@H](C)[C@@H]1NC(=O)[C@H](Cc2ccccc2)NC(=O)[C@@H](N)CSSC[C@@H](C(=O)N2CCC[C@H]2C(=O)N[C@@H](CCCN)C(=O)NCC(N)=O)NC(=O)[C@H](CC(N)=O)NC(=O)[C@H](CC(N)=O)NC1=O. The molecule has 26 heteroatoms. The summed E-state index contributed by atoms with van der Waals surface area (Å²) in [6.45, 7) is 3.12. The number of hydrogen-bond acceptors (Lipinski definition) is 15. The highest BCUT2D eigenvalue weighted by Crippen LogP contribution is 2.26. The number of carbonyl (C=O) groups excluding carboxylic acids is 11. The molecule has 0 aromatic heterocycles. The van der Waals surface area contributed by atoms with Gasteiger partial charge in [-0.25, -0.2) is 0 Å². The number of likely N-dealkylation sites (tertiary alicyclic amines) is 1. The smallest absolute Gasteiger partial charge is 0.246 e. The van der Waals surface area contributed by atoms with E-state index in [1.54, 1.807) is 44.2 Å². The van der Waals surface area contributed by atoms with Crippen molar-refractivity contribution in [3.05, 3.63) is 35.9 Å². The zero-order chi connectivity index (χ0) is 49.8. The van der Waals surface area contributed by atoms with Crippen LogP contribution >= 0.6 is 21.6 Å². The number of carbonyl (C=O) groups is 11.